The molecule has 1 aliphatic rings. The number of phenols is 1. The molecule has 1 aliphatic heterocycles. The summed E-state index contributed by atoms with van der Waals surface area (Å²) in [6.45, 7) is 0. The van der Waals surface area contributed by atoms with Crippen LogP contribution in [0.3, 0.4) is 0 Å². The zero-order chi connectivity index (χ0) is 18.1. The summed E-state index contributed by atoms with van der Waals surface area (Å²) in [5.41, 5.74) is 0.525. The number of nitrogens with one attached hydrogen (secondary N) is 1. The van der Waals surface area contributed by atoms with E-state index in [1.807, 2.05) is 0 Å². The topological polar surface area (TPSA) is 69.6 Å². The van der Waals surface area contributed by atoms with E-state index in [2.05, 4.69) is 5.32 Å². The smallest absolute Gasteiger partial charge is 0.270 e. The lowest BCUT2D eigenvalue weighted by molar-refractivity contribution is -0.122. The van der Waals surface area contributed by atoms with Gasteiger partial charge in [0.05, 0.1) is 5.69 Å². The Morgan fingerprint density at radius 3 is 2.36 bits per heavy atom. The molecule has 1 fully saturated rings. The number of hydrogen-bond donors (Lipinski definition) is 2. The van der Waals surface area contributed by atoms with E-state index in [0.29, 0.717) is 15.7 Å². The summed E-state index contributed by atoms with van der Waals surface area (Å²) in [5.74, 6) is -1.38. The van der Waals surface area contributed by atoms with Crippen LogP contribution in [0.15, 0.2) is 48.0 Å². The first-order valence-electron chi connectivity index (χ1n) is 7.02. The highest BCUT2D eigenvalue weighted by molar-refractivity contribution is 7.80. The van der Waals surface area contributed by atoms with Crippen molar-refractivity contribution < 1.29 is 14.7 Å². The molecule has 1 saturated heterocycles. The summed E-state index contributed by atoms with van der Waals surface area (Å²) in [4.78, 5) is 26.2. The highest BCUT2D eigenvalue weighted by Gasteiger charge is 2.34. The van der Waals surface area contributed by atoms with E-state index < -0.39 is 11.8 Å². The molecule has 2 amide bonds. The first-order chi connectivity index (χ1) is 11.9. The van der Waals surface area contributed by atoms with Crippen LogP contribution in [-0.2, 0) is 9.59 Å². The van der Waals surface area contributed by atoms with Crippen molar-refractivity contribution in [3.05, 3.63) is 63.6 Å². The molecule has 0 atom stereocenters. The third-order valence-electron chi connectivity index (χ3n) is 3.48. The predicted molar refractivity (Wildman–Crippen MR) is 101 cm³/mol. The second kappa shape index (κ2) is 6.84. The number of rotatable bonds is 2. The van der Waals surface area contributed by atoms with Gasteiger partial charge < -0.3 is 5.11 Å². The number of carbonyl (C=O) groups excluding carboxylic acids is 2. The Bertz CT molecular complexity index is 926. The maximum Gasteiger partial charge on any atom is 0.270 e. The maximum atomic E-state index is 12.8. The summed E-state index contributed by atoms with van der Waals surface area (Å²) < 4.78 is 0. The van der Waals surface area contributed by atoms with Crippen molar-refractivity contribution in [1.29, 1.82) is 0 Å². The number of hydrogen-bond acceptors (Lipinski definition) is 4. The highest BCUT2D eigenvalue weighted by Crippen LogP contribution is 2.27. The quantitative estimate of drug-likeness (QED) is 0.465. The Morgan fingerprint density at radius 2 is 1.68 bits per heavy atom. The first kappa shape index (κ1) is 17.4. The Kier molecular flexibility index (Phi) is 4.76. The maximum absolute atomic E-state index is 12.8. The van der Waals surface area contributed by atoms with E-state index in [1.165, 1.54) is 29.2 Å². The zero-order valence-electron chi connectivity index (χ0n) is 12.5. The van der Waals surface area contributed by atoms with Crippen molar-refractivity contribution in [2.75, 3.05) is 4.90 Å². The van der Waals surface area contributed by atoms with Gasteiger partial charge in [-0.2, -0.15) is 0 Å². The fourth-order valence-electron chi connectivity index (χ4n) is 2.28. The number of nitrogens with zero attached hydrogens (tertiary/aromatic N) is 1. The normalized spacial score (nSPS) is 16.3. The van der Waals surface area contributed by atoms with Gasteiger partial charge >= 0.3 is 0 Å². The Balaban J connectivity index is 2.05. The summed E-state index contributed by atoms with van der Waals surface area (Å²) in [5, 5.41) is 13.2. The Labute approximate surface area is 158 Å². The summed E-state index contributed by atoms with van der Waals surface area (Å²) in [6.07, 6.45) is 1.27. The predicted octanol–water partition coefficient (Wildman–Crippen LogP) is 3.53. The van der Waals surface area contributed by atoms with Gasteiger partial charge in [-0.1, -0.05) is 23.2 Å². The van der Waals surface area contributed by atoms with E-state index in [0.717, 1.165) is 0 Å². The van der Waals surface area contributed by atoms with Crippen LogP contribution in [0.4, 0.5) is 5.69 Å². The molecular formula is C17H10Cl2N2O3S. The fourth-order valence-corrected chi connectivity index (χ4v) is 2.87. The monoisotopic (exact) mass is 392 g/mol. The van der Waals surface area contributed by atoms with Crippen LogP contribution in [0.2, 0.25) is 10.0 Å². The van der Waals surface area contributed by atoms with Crippen LogP contribution < -0.4 is 10.2 Å². The van der Waals surface area contributed by atoms with E-state index in [4.69, 9.17) is 35.4 Å². The molecule has 2 aromatic rings. The number of aromatic hydroxyl groups is 1. The van der Waals surface area contributed by atoms with Gasteiger partial charge in [-0.25, -0.2) is 0 Å². The third kappa shape index (κ3) is 3.51. The minimum Gasteiger partial charge on any atom is -0.507 e. The number of halogens is 2. The second-order valence-corrected chi connectivity index (χ2v) is 6.40. The van der Waals surface area contributed by atoms with E-state index in [1.54, 1.807) is 24.3 Å². The number of benzene rings is 2. The second-order valence-electron chi connectivity index (χ2n) is 5.14. The van der Waals surface area contributed by atoms with Crippen molar-refractivity contribution in [2.45, 2.75) is 0 Å². The lowest BCUT2D eigenvalue weighted by Gasteiger charge is -2.29. The van der Waals surface area contributed by atoms with Gasteiger partial charge in [-0.05, 0) is 60.8 Å². The Morgan fingerprint density at radius 1 is 1.04 bits per heavy atom. The lowest BCUT2D eigenvalue weighted by Crippen LogP contribution is -2.54. The highest BCUT2D eigenvalue weighted by atomic mass is 35.5. The van der Waals surface area contributed by atoms with E-state index in [9.17, 15) is 14.7 Å². The summed E-state index contributed by atoms with van der Waals surface area (Å²) in [6, 6.07) is 10.8. The van der Waals surface area contributed by atoms with Crippen molar-refractivity contribution in [3.8, 4) is 5.75 Å². The van der Waals surface area contributed by atoms with Gasteiger partial charge in [0.15, 0.2) is 5.11 Å². The van der Waals surface area contributed by atoms with Gasteiger partial charge in [-0.15, -0.1) is 0 Å². The van der Waals surface area contributed by atoms with Crippen LogP contribution in [0, 0.1) is 0 Å². The molecule has 5 nitrogen and oxygen atoms in total. The van der Waals surface area contributed by atoms with Crippen LogP contribution >= 0.6 is 35.4 Å². The molecule has 1 heterocycles. The average Bonchev–Trinajstić information content (AvgIpc) is 2.56. The molecule has 2 N–H and O–H groups in total. The molecule has 0 saturated carbocycles. The molecule has 3 rings (SSSR count). The van der Waals surface area contributed by atoms with Gasteiger partial charge in [-0.3, -0.25) is 19.8 Å². The van der Waals surface area contributed by atoms with Crippen LogP contribution in [0.5, 0.6) is 5.75 Å². The molecule has 0 bridgehead atoms. The zero-order valence-corrected chi connectivity index (χ0v) is 14.8. The minimum atomic E-state index is -0.653. The van der Waals surface area contributed by atoms with Gasteiger partial charge in [0.2, 0.25) is 0 Å². The molecular weight excluding hydrogens is 383 g/mol. The third-order valence-corrected chi connectivity index (χ3v) is 4.25. The lowest BCUT2D eigenvalue weighted by atomic mass is 10.1. The van der Waals surface area contributed by atoms with Gasteiger partial charge in [0.25, 0.3) is 11.8 Å². The average molecular weight is 393 g/mol. The molecule has 126 valence electrons. The minimum absolute atomic E-state index is 0.0372. The van der Waals surface area contributed by atoms with Crippen molar-refractivity contribution >= 4 is 64.1 Å². The standard InChI is InChI=1S/C17H10Cl2N2O3S/c18-10-1-4-12(5-2-10)21-16(24)13(15(23)20-17(21)25)8-9-7-11(19)3-6-14(9)22/h1-8,22H,(H,20,23,25). The number of amides is 2. The molecule has 0 unspecified atom stereocenters. The summed E-state index contributed by atoms with van der Waals surface area (Å²) >= 11 is 16.9. The summed E-state index contributed by atoms with van der Waals surface area (Å²) in [7, 11) is 0. The number of anilines is 1. The molecule has 0 spiro atoms. The number of phenolic OH excluding ortho intramolecular Hbond substituents is 1. The van der Waals surface area contributed by atoms with Gasteiger partial charge in [0.1, 0.15) is 11.3 Å². The van der Waals surface area contributed by atoms with Crippen LogP contribution in [-0.4, -0.2) is 22.0 Å². The number of carbonyl (C=O) groups is 2. The van der Waals surface area contributed by atoms with Crippen molar-refractivity contribution in [2.24, 2.45) is 0 Å². The molecule has 2 aromatic carbocycles. The molecule has 0 radical (unpaired) electrons. The number of thiocarbonyl (C=S) groups is 1. The van der Waals surface area contributed by atoms with E-state index in [-0.39, 0.29) is 22.0 Å². The largest absolute Gasteiger partial charge is 0.507 e. The SMILES string of the molecule is O=C1NC(=S)N(c2ccc(Cl)cc2)C(=O)C1=Cc1cc(Cl)ccc1O. The van der Waals surface area contributed by atoms with Crippen molar-refractivity contribution in [3.63, 3.8) is 0 Å². The fraction of sp³-hybridized carbons (Fsp3) is 0. The Hall–Kier alpha value is -2.41. The molecule has 0 aromatic heterocycles. The molecule has 8 heteroatoms. The molecule has 25 heavy (non-hydrogen) atoms. The van der Waals surface area contributed by atoms with Crippen LogP contribution in [0.1, 0.15) is 5.56 Å². The van der Waals surface area contributed by atoms with E-state index >= 15 is 0 Å². The van der Waals surface area contributed by atoms with Gasteiger partial charge in [0, 0.05) is 15.6 Å². The van der Waals surface area contributed by atoms with Crippen molar-refractivity contribution in [1.82, 2.24) is 5.32 Å². The first-order valence-corrected chi connectivity index (χ1v) is 8.19. The van der Waals surface area contributed by atoms with Crippen LogP contribution in [0.25, 0.3) is 6.08 Å². The molecule has 0 aliphatic carbocycles.